The molecule has 2 aliphatic rings. The minimum Gasteiger partial charge on any atom is -0.345 e. The van der Waals surface area contributed by atoms with Gasteiger partial charge in [-0.1, -0.05) is 6.42 Å². The highest BCUT2D eigenvalue weighted by molar-refractivity contribution is 5.78. The highest BCUT2D eigenvalue weighted by Crippen LogP contribution is 2.20. The number of fused-ring (bicyclic) bond motifs is 1. The molecule has 3 rings (SSSR count). The Labute approximate surface area is 143 Å². The van der Waals surface area contributed by atoms with Gasteiger partial charge in [0.05, 0.1) is 12.1 Å². The summed E-state index contributed by atoms with van der Waals surface area (Å²) in [7, 11) is 1.85. The van der Waals surface area contributed by atoms with Crippen molar-refractivity contribution in [3.05, 3.63) is 27.2 Å². The molecule has 2 aliphatic carbocycles. The number of rotatable bonds is 7. The van der Waals surface area contributed by atoms with Crippen LogP contribution in [0.15, 0.2) is 4.79 Å². The maximum absolute atomic E-state index is 12.5. The van der Waals surface area contributed by atoms with Crippen LogP contribution in [0.4, 0.5) is 0 Å². The van der Waals surface area contributed by atoms with E-state index in [0.29, 0.717) is 6.04 Å². The van der Waals surface area contributed by atoms with E-state index in [1.807, 2.05) is 7.05 Å². The maximum Gasteiger partial charge on any atom is 0.267 e. The standard InChI is InChI=1S/C18H28N4O2/c1-22(11-5-10-19-13-6-4-7-13)17(23)12-16-14-8-2-3-9-15(14)18(24)21-20-16/h13,19H,2-12H2,1H3,(H,21,24). The predicted octanol–water partition coefficient (Wildman–Crippen LogP) is 1.18. The Bertz CT molecular complexity index is 636. The van der Waals surface area contributed by atoms with Crippen molar-refractivity contribution in [2.75, 3.05) is 20.1 Å². The first-order valence-corrected chi connectivity index (χ1v) is 9.22. The number of hydrogen-bond donors (Lipinski definition) is 2. The van der Waals surface area contributed by atoms with Crippen molar-refractivity contribution in [3.8, 4) is 0 Å². The molecule has 1 heterocycles. The van der Waals surface area contributed by atoms with Gasteiger partial charge >= 0.3 is 0 Å². The molecule has 1 aromatic heterocycles. The summed E-state index contributed by atoms with van der Waals surface area (Å²) < 4.78 is 0. The van der Waals surface area contributed by atoms with Crippen LogP contribution in [-0.2, 0) is 24.1 Å². The van der Waals surface area contributed by atoms with Crippen molar-refractivity contribution in [3.63, 3.8) is 0 Å². The first kappa shape index (κ1) is 17.1. The van der Waals surface area contributed by atoms with E-state index in [9.17, 15) is 9.59 Å². The molecule has 1 aromatic rings. The van der Waals surface area contributed by atoms with Crippen LogP contribution in [0.5, 0.6) is 0 Å². The number of amides is 1. The lowest BCUT2D eigenvalue weighted by molar-refractivity contribution is -0.129. The number of nitrogens with one attached hydrogen (secondary N) is 2. The zero-order valence-corrected chi connectivity index (χ0v) is 14.6. The molecule has 132 valence electrons. The molecule has 2 N–H and O–H groups in total. The van der Waals surface area contributed by atoms with E-state index in [0.717, 1.165) is 62.0 Å². The molecule has 24 heavy (non-hydrogen) atoms. The van der Waals surface area contributed by atoms with E-state index in [2.05, 4.69) is 15.5 Å². The van der Waals surface area contributed by atoms with Crippen LogP contribution in [0, 0.1) is 0 Å². The van der Waals surface area contributed by atoms with Gasteiger partial charge in [-0.2, -0.15) is 5.10 Å². The second kappa shape index (κ2) is 7.92. The largest absolute Gasteiger partial charge is 0.345 e. The molecule has 1 fully saturated rings. The highest BCUT2D eigenvalue weighted by atomic mass is 16.2. The number of hydrogen-bond acceptors (Lipinski definition) is 4. The smallest absolute Gasteiger partial charge is 0.267 e. The van der Waals surface area contributed by atoms with Crippen molar-refractivity contribution >= 4 is 5.91 Å². The Morgan fingerprint density at radius 1 is 1.25 bits per heavy atom. The van der Waals surface area contributed by atoms with Crippen molar-refractivity contribution in [1.29, 1.82) is 0 Å². The van der Waals surface area contributed by atoms with Crippen LogP contribution < -0.4 is 10.9 Å². The van der Waals surface area contributed by atoms with E-state index >= 15 is 0 Å². The Morgan fingerprint density at radius 3 is 2.71 bits per heavy atom. The summed E-state index contributed by atoms with van der Waals surface area (Å²) in [6.07, 6.45) is 8.95. The van der Waals surface area contributed by atoms with Crippen LogP contribution in [0.2, 0.25) is 0 Å². The first-order chi connectivity index (χ1) is 11.6. The second-order valence-corrected chi connectivity index (χ2v) is 7.09. The number of H-pyrrole nitrogens is 1. The monoisotopic (exact) mass is 332 g/mol. The summed E-state index contributed by atoms with van der Waals surface area (Å²) in [6, 6.07) is 0.697. The van der Waals surface area contributed by atoms with Crippen LogP contribution in [-0.4, -0.2) is 47.2 Å². The summed E-state index contributed by atoms with van der Waals surface area (Å²) in [5, 5.41) is 10.2. The third-order valence-corrected chi connectivity index (χ3v) is 5.34. The molecule has 0 radical (unpaired) electrons. The predicted molar refractivity (Wildman–Crippen MR) is 93.1 cm³/mol. The number of aromatic nitrogens is 2. The normalized spacial score (nSPS) is 17.2. The number of likely N-dealkylation sites (N-methyl/N-ethyl adjacent to an activating group) is 1. The number of carbonyl (C=O) groups is 1. The number of carbonyl (C=O) groups excluding carboxylic acids is 1. The minimum absolute atomic E-state index is 0.0750. The molecule has 0 aliphatic heterocycles. The minimum atomic E-state index is -0.0867. The zero-order valence-electron chi connectivity index (χ0n) is 14.6. The van der Waals surface area contributed by atoms with Crippen molar-refractivity contribution < 1.29 is 4.79 Å². The van der Waals surface area contributed by atoms with E-state index in [4.69, 9.17) is 0 Å². The van der Waals surface area contributed by atoms with Crippen LogP contribution >= 0.6 is 0 Å². The van der Waals surface area contributed by atoms with E-state index in [-0.39, 0.29) is 17.9 Å². The fraction of sp³-hybridized carbons (Fsp3) is 0.722. The maximum atomic E-state index is 12.5. The molecule has 0 aromatic carbocycles. The lowest BCUT2D eigenvalue weighted by atomic mass is 9.91. The Morgan fingerprint density at radius 2 is 2.00 bits per heavy atom. The molecule has 0 atom stereocenters. The van der Waals surface area contributed by atoms with Crippen molar-refractivity contribution in [2.24, 2.45) is 0 Å². The fourth-order valence-corrected chi connectivity index (χ4v) is 3.51. The third kappa shape index (κ3) is 4.04. The summed E-state index contributed by atoms with van der Waals surface area (Å²) in [4.78, 5) is 26.1. The Kier molecular flexibility index (Phi) is 5.66. The van der Waals surface area contributed by atoms with Crippen LogP contribution in [0.1, 0.15) is 55.3 Å². The van der Waals surface area contributed by atoms with Crippen molar-refractivity contribution in [2.45, 2.75) is 63.8 Å². The van der Waals surface area contributed by atoms with Gasteiger partial charge in [0.1, 0.15) is 0 Å². The third-order valence-electron chi connectivity index (χ3n) is 5.34. The van der Waals surface area contributed by atoms with Gasteiger partial charge in [-0.3, -0.25) is 9.59 Å². The summed E-state index contributed by atoms with van der Waals surface area (Å²) in [5.41, 5.74) is 2.52. The van der Waals surface area contributed by atoms with Gasteiger partial charge in [0.25, 0.3) is 5.56 Å². The number of nitrogens with zero attached hydrogens (tertiary/aromatic N) is 2. The van der Waals surface area contributed by atoms with Gasteiger partial charge in [0, 0.05) is 25.2 Å². The molecular formula is C18H28N4O2. The first-order valence-electron chi connectivity index (χ1n) is 9.22. The summed E-state index contributed by atoms with van der Waals surface area (Å²) >= 11 is 0. The lowest BCUT2D eigenvalue weighted by Gasteiger charge is -2.27. The molecule has 6 heteroatoms. The zero-order chi connectivity index (χ0) is 16.9. The molecule has 1 saturated carbocycles. The topological polar surface area (TPSA) is 78.1 Å². The summed E-state index contributed by atoms with van der Waals surface area (Å²) in [6.45, 7) is 1.72. The molecule has 0 saturated heterocycles. The van der Waals surface area contributed by atoms with Gasteiger partial charge in [0.15, 0.2) is 0 Å². The molecule has 1 amide bonds. The average Bonchev–Trinajstić information content (AvgIpc) is 2.55. The Hall–Kier alpha value is -1.69. The number of aromatic amines is 1. The molecular weight excluding hydrogens is 304 g/mol. The lowest BCUT2D eigenvalue weighted by Crippen LogP contribution is -2.37. The second-order valence-electron chi connectivity index (χ2n) is 7.09. The van der Waals surface area contributed by atoms with E-state index in [1.54, 1.807) is 4.90 Å². The average molecular weight is 332 g/mol. The van der Waals surface area contributed by atoms with Gasteiger partial charge < -0.3 is 10.2 Å². The van der Waals surface area contributed by atoms with Crippen LogP contribution in [0.25, 0.3) is 0 Å². The Balaban J connectivity index is 1.51. The van der Waals surface area contributed by atoms with Gasteiger partial charge in [-0.15, -0.1) is 0 Å². The fourth-order valence-electron chi connectivity index (χ4n) is 3.51. The highest BCUT2D eigenvalue weighted by Gasteiger charge is 2.21. The van der Waals surface area contributed by atoms with Gasteiger partial charge in [0.2, 0.25) is 5.91 Å². The van der Waals surface area contributed by atoms with E-state index in [1.165, 1.54) is 19.3 Å². The molecule has 0 bridgehead atoms. The van der Waals surface area contributed by atoms with Crippen LogP contribution in [0.3, 0.4) is 0 Å². The quantitative estimate of drug-likeness (QED) is 0.735. The van der Waals surface area contributed by atoms with Crippen molar-refractivity contribution in [1.82, 2.24) is 20.4 Å². The SMILES string of the molecule is CN(CCCNC1CCC1)C(=O)Cc1n[nH]c(=O)c2c1CCCC2. The van der Waals surface area contributed by atoms with Gasteiger partial charge in [-0.25, -0.2) is 5.10 Å². The van der Waals surface area contributed by atoms with Gasteiger partial charge in [-0.05, 0) is 57.1 Å². The van der Waals surface area contributed by atoms with E-state index < -0.39 is 0 Å². The molecule has 0 unspecified atom stereocenters. The summed E-state index contributed by atoms with van der Waals surface area (Å²) in [5.74, 6) is 0.0750. The molecule has 6 nitrogen and oxygen atoms in total. The molecule has 0 spiro atoms.